The monoisotopic (exact) mass is 295 g/mol. The summed E-state index contributed by atoms with van der Waals surface area (Å²) in [5, 5.41) is 1.26. The van der Waals surface area contributed by atoms with Gasteiger partial charge in [0.15, 0.2) is 5.75 Å². The molecule has 2 nitrogen and oxygen atoms in total. The molecular weight excluding hydrogens is 280 g/mol. The van der Waals surface area contributed by atoms with Gasteiger partial charge in [-0.1, -0.05) is 55.6 Å². The lowest BCUT2D eigenvalue weighted by atomic mass is 9.88. The number of halogens is 3. The van der Waals surface area contributed by atoms with Crippen molar-refractivity contribution in [2.24, 2.45) is 11.1 Å². The van der Waals surface area contributed by atoms with Gasteiger partial charge in [0.05, 0.1) is 10.0 Å². The molecule has 96 valence electrons. The molecule has 0 bridgehead atoms. The lowest BCUT2D eigenvalue weighted by Gasteiger charge is -2.27. The van der Waals surface area contributed by atoms with Crippen LogP contribution in [0, 0.1) is 5.41 Å². The second-order valence-electron chi connectivity index (χ2n) is 4.98. The third-order valence-electron chi connectivity index (χ3n) is 2.48. The third kappa shape index (κ3) is 4.22. The van der Waals surface area contributed by atoms with E-state index in [2.05, 4.69) is 0 Å². The Bertz CT molecular complexity index is 378. The van der Waals surface area contributed by atoms with E-state index in [1.54, 1.807) is 12.1 Å². The van der Waals surface area contributed by atoms with E-state index >= 15 is 0 Å². The first kappa shape index (κ1) is 14.9. The van der Waals surface area contributed by atoms with Gasteiger partial charge in [-0.25, -0.2) is 0 Å². The summed E-state index contributed by atoms with van der Waals surface area (Å²) in [6.07, 6.45) is 0. The maximum Gasteiger partial charge on any atom is 0.156 e. The fourth-order valence-corrected chi connectivity index (χ4v) is 2.02. The second kappa shape index (κ2) is 5.66. The summed E-state index contributed by atoms with van der Waals surface area (Å²) in [5.74, 6) is 0.428. The molecule has 0 aliphatic rings. The van der Waals surface area contributed by atoms with Crippen molar-refractivity contribution in [1.82, 2.24) is 0 Å². The summed E-state index contributed by atoms with van der Waals surface area (Å²) in [6, 6.07) is 3.07. The normalized spacial score (nSPS) is 13.6. The van der Waals surface area contributed by atoms with Crippen LogP contribution in [0.5, 0.6) is 5.75 Å². The van der Waals surface area contributed by atoms with Crippen molar-refractivity contribution in [2.75, 3.05) is 6.61 Å². The molecule has 0 spiro atoms. The molecule has 0 heterocycles. The molecule has 0 saturated heterocycles. The van der Waals surface area contributed by atoms with Gasteiger partial charge in [-0.15, -0.1) is 0 Å². The number of hydrogen-bond donors (Lipinski definition) is 1. The minimum Gasteiger partial charge on any atom is -0.489 e. The Labute approximate surface area is 117 Å². The predicted molar refractivity (Wildman–Crippen MR) is 74.4 cm³/mol. The van der Waals surface area contributed by atoms with E-state index in [1.807, 2.05) is 20.8 Å². The van der Waals surface area contributed by atoms with E-state index < -0.39 is 0 Å². The number of nitrogens with two attached hydrogens (primary N) is 1. The first-order chi connectivity index (χ1) is 7.71. The molecule has 1 aromatic carbocycles. The van der Waals surface area contributed by atoms with Crippen molar-refractivity contribution in [1.29, 1.82) is 0 Å². The van der Waals surface area contributed by atoms with Gasteiger partial charge in [-0.2, -0.15) is 0 Å². The maximum absolute atomic E-state index is 6.00. The molecule has 5 heteroatoms. The second-order valence-corrected chi connectivity index (χ2v) is 6.23. The standard InChI is InChI=1S/C12H16Cl3NO/c1-12(2,3)10(16)6-17-11-8(14)4-7(13)5-9(11)15/h4-5,10H,6,16H2,1-3H3. The maximum atomic E-state index is 6.00. The Hall–Kier alpha value is -0.150. The Kier molecular flexibility index (Phi) is 4.96. The molecule has 1 aromatic rings. The molecule has 0 radical (unpaired) electrons. The first-order valence-electron chi connectivity index (χ1n) is 5.24. The van der Waals surface area contributed by atoms with Crippen LogP contribution in [0.3, 0.4) is 0 Å². The lowest BCUT2D eigenvalue weighted by molar-refractivity contribution is 0.206. The highest BCUT2D eigenvalue weighted by molar-refractivity contribution is 6.40. The van der Waals surface area contributed by atoms with E-state index in [0.29, 0.717) is 27.4 Å². The highest BCUT2D eigenvalue weighted by Crippen LogP contribution is 2.36. The summed E-state index contributed by atoms with van der Waals surface area (Å²) in [6.45, 7) is 6.49. The van der Waals surface area contributed by atoms with Crippen LogP contribution in [0.25, 0.3) is 0 Å². The minimum atomic E-state index is -0.106. The van der Waals surface area contributed by atoms with E-state index in [1.165, 1.54) is 0 Å². The molecule has 0 aromatic heterocycles. The Morgan fingerprint density at radius 3 is 2.06 bits per heavy atom. The van der Waals surface area contributed by atoms with Gasteiger partial charge in [0.2, 0.25) is 0 Å². The van der Waals surface area contributed by atoms with Gasteiger partial charge in [0.1, 0.15) is 6.61 Å². The summed E-state index contributed by atoms with van der Waals surface area (Å²) >= 11 is 17.8. The molecular formula is C12H16Cl3NO. The zero-order chi connectivity index (χ0) is 13.2. The average Bonchev–Trinajstić information content (AvgIpc) is 2.13. The molecule has 17 heavy (non-hydrogen) atoms. The highest BCUT2D eigenvalue weighted by Gasteiger charge is 2.22. The van der Waals surface area contributed by atoms with Gasteiger partial charge in [0.25, 0.3) is 0 Å². The van der Waals surface area contributed by atoms with Gasteiger partial charge in [0, 0.05) is 11.1 Å². The third-order valence-corrected chi connectivity index (χ3v) is 3.26. The molecule has 0 aliphatic heterocycles. The van der Waals surface area contributed by atoms with Crippen molar-refractivity contribution in [3.8, 4) is 5.75 Å². The molecule has 1 atom stereocenters. The minimum absolute atomic E-state index is 0.0363. The number of hydrogen-bond acceptors (Lipinski definition) is 2. The topological polar surface area (TPSA) is 35.2 Å². The van der Waals surface area contributed by atoms with Crippen LogP contribution < -0.4 is 10.5 Å². The molecule has 1 rings (SSSR count). The number of benzene rings is 1. The highest BCUT2D eigenvalue weighted by atomic mass is 35.5. The van der Waals surface area contributed by atoms with Crippen LogP contribution in [-0.2, 0) is 0 Å². The van der Waals surface area contributed by atoms with Crippen molar-refractivity contribution in [3.63, 3.8) is 0 Å². The molecule has 1 unspecified atom stereocenters. The summed E-state index contributed by atoms with van der Waals surface area (Å²) in [5.41, 5.74) is 5.96. The molecule has 0 aliphatic carbocycles. The van der Waals surface area contributed by atoms with Gasteiger partial charge < -0.3 is 10.5 Å². The summed E-state index contributed by atoms with van der Waals surface area (Å²) < 4.78 is 5.56. The Morgan fingerprint density at radius 1 is 1.18 bits per heavy atom. The van der Waals surface area contributed by atoms with E-state index in [9.17, 15) is 0 Å². The zero-order valence-electron chi connectivity index (χ0n) is 10.1. The number of ether oxygens (including phenoxy) is 1. The first-order valence-corrected chi connectivity index (χ1v) is 6.38. The van der Waals surface area contributed by atoms with Crippen LogP contribution in [-0.4, -0.2) is 12.6 Å². The molecule has 2 N–H and O–H groups in total. The molecule has 0 amide bonds. The Balaban J connectivity index is 2.77. The SMILES string of the molecule is CC(C)(C)C(N)COc1c(Cl)cc(Cl)cc1Cl. The molecule has 0 saturated carbocycles. The van der Waals surface area contributed by atoms with Crippen molar-refractivity contribution >= 4 is 34.8 Å². The Morgan fingerprint density at radius 2 is 1.65 bits per heavy atom. The summed E-state index contributed by atoms with van der Waals surface area (Å²) in [4.78, 5) is 0. The van der Waals surface area contributed by atoms with Crippen LogP contribution >= 0.6 is 34.8 Å². The van der Waals surface area contributed by atoms with Gasteiger partial charge >= 0.3 is 0 Å². The van der Waals surface area contributed by atoms with Crippen LogP contribution in [0.15, 0.2) is 12.1 Å². The van der Waals surface area contributed by atoms with Crippen LogP contribution in [0.1, 0.15) is 20.8 Å². The zero-order valence-corrected chi connectivity index (χ0v) is 12.3. The lowest BCUT2D eigenvalue weighted by Crippen LogP contribution is -2.40. The predicted octanol–water partition coefficient (Wildman–Crippen LogP) is 4.40. The fourth-order valence-electron chi connectivity index (χ4n) is 1.09. The van der Waals surface area contributed by atoms with E-state index in [0.717, 1.165) is 0 Å². The average molecular weight is 297 g/mol. The van der Waals surface area contributed by atoms with E-state index in [-0.39, 0.29) is 11.5 Å². The largest absolute Gasteiger partial charge is 0.489 e. The van der Waals surface area contributed by atoms with Crippen molar-refractivity contribution in [2.45, 2.75) is 26.8 Å². The molecule has 0 fully saturated rings. The quantitative estimate of drug-likeness (QED) is 0.897. The van der Waals surface area contributed by atoms with Crippen LogP contribution in [0.4, 0.5) is 0 Å². The van der Waals surface area contributed by atoms with Crippen molar-refractivity contribution in [3.05, 3.63) is 27.2 Å². The smallest absolute Gasteiger partial charge is 0.156 e. The summed E-state index contributed by atoms with van der Waals surface area (Å²) in [7, 11) is 0. The van der Waals surface area contributed by atoms with Crippen LogP contribution in [0.2, 0.25) is 15.1 Å². The van der Waals surface area contributed by atoms with Gasteiger partial charge in [-0.05, 0) is 17.5 Å². The van der Waals surface area contributed by atoms with E-state index in [4.69, 9.17) is 45.3 Å². The van der Waals surface area contributed by atoms with Crippen molar-refractivity contribution < 1.29 is 4.74 Å². The number of rotatable bonds is 3. The fraction of sp³-hybridized carbons (Fsp3) is 0.500. The van der Waals surface area contributed by atoms with Gasteiger partial charge in [-0.3, -0.25) is 0 Å².